The maximum absolute atomic E-state index is 12.8. The zero-order valence-electron chi connectivity index (χ0n) is 16.0. The number of carbonyl (C=O) groups is 1. The first-order chi connectivity index (χ1) is 13.4. The van der Waals surface area contributed by atoms with E-state index in [0.29, 0.717) is 18.8 Å². The minimum Gasteiger partial charge on any atom is -0.497 e. The van der Waals surface area contributed by atoms with Gasteiger partial charge in [-0.25, -0.2) is 8.42 Å². The number of rotatable bonds is 5. The van der Waals surface area contributed by atoms with Crippen LogP contribution in [0.4, 0.5) is 0 Å². The zero-order valence-corrected chi connectivity index (χ0v) is 16.9. The van der Waals surface area contributed by atoms with Crippen molar-refractivity contribution in [3.05, 3.63) is 66.2 Å². The van der Waals surface area contributed by atoms with Crippen molar-refractivity contribution >= 4 is 21.5 Å². The molecular weight excluding hydrogens is 376 g/mol. The average molecular weight is 401 g/mol. The topological polar surface area (TPSA) is 66.9 Å². The molecule has 0 bridgehead atoms. The Kier molecular flexibility index (Phi) is 6.16. The lowest BCUT2D eigenvalue weighted by Gasteiger charge is -2.33. The van der Waals surface area contributed by atoms with Gasteiger partial charge in [-0.3, -0.25) is 4.79 Å². The van der Waals surface area contributed by atoms with Crippen molar-refractivity contribution in [1.29, 1.82) is 0 Å². The van der Waals surface area contributed by atoms with Gasteiger partial charge in [0.2, 0.25) is 15.9 Å². The molecule has 0 spiro atoms. The zero-order chi connectivity index (χ0) is 20.1. The summed E-state index contributed by atoms with van der Waals surface area (Å²) in [6, 6.07) is 16.0. The molecule has 0 saturated carbocycles. The Morgan fingerprint density at radius 1 is 0.964 bits per heavy atom. The van der Waals surface area contributed by atoms with Crippen LogP contribution < -0.4 is 4.74 Å². The molecule has 148 valence electrons. The molecule has 1 fully saturated rings. The van der Waals surface area contributed by atoms with Crippen LogP contribution in [-0.4, -0.2) is 56.8 Å². The van der Waals surface area contributed by atoms with Crippen LogP contribution in [0, 0.1) is 0 Å². The highest BCUT2D eigenvalue weighted by Crippen LogP contribution is 2.21. The fraction of sp³-hybridized carbons (Fsp3) is 0.286. The Bertz CT molecular complexity index is 946. The quantitative estimate of drug-likeness (QED) is 0.724. The third-order valence-corrected chi connectivity index (χ3v) is 6.73. The molecule has 0 radical (unpaired) electrons. The number of hydrogen-bond acceptors (Lipinski definition) is 4. The lowest BCUT2D eigenvalue weighted by atomic mass is 10.1. The highest BCUT2D eigenvalue weighted by atomic mass is 32.2. The van der Waals surface area contributed by atoms with Crippen LogP contribution in [0.1, 0.15) is 12.5 Å². The smallest absolute Gasteiger partial charge is 0.246 e. The Morgan fingerprint density at radius 3 is 2.14 bits per heavy atom. The van der Waals surface area contributed by atoms with Crippen LogP contribution in [0.25, 0.3) is 5.57 Å². The average Bonchev–Trinajstić information content (AvgIpc) is 2.74. The van der Waals surface area contributed by atoms with Gasteiger partial charge < -0.3 is 9.64 Å². The van der Waals surface area contributed by atoms with Crippen molar-refractivity contribution < 1.29 is 17.9 Å². The van der Waals surface area contributed by atoms with E-state index in [1.807, 2.05) is 37.3 Å². The number of hydrogen-bond donors (Lipinski definition) is 0. The van der Waals surface area contributed by atoms with Crippen molar-refractivity contribution in [3.8, 4) is 5.75 Å². The van der Waals surface area contributed by atoms with Crippen molar-refractivity contribution in [2.45, 2.75) is 11.8 Å². The number of carbonyl (C=O) groups excluding carboxylic acids is 1. The molecule has 1 aliphatic heterocycles. The standard InChI is InChI=1S/C21H24N2O4S/c1-17(18-6-4-3-5-7-18)16-21(24)22-12-14-23(15-13-22)28(25,26)20-10-8-19(27-2)9-11-20/h3-11,16H,12-15H2,1-2H3/b17-16-. The van der Waals surface area contributed by atoms with Crippen LogP contribution in [-0.2, 0) is 14.8 Å². The van der Waals surface area contributed by atoms with Gasteiger partial charge >= 0.3 is 0 Å². The van der Waals surface area contributed by atoms with Crippen molar-refractivity contribution in [3.63, 3.8) is 0 Å². The second-order valence-corrected chi connectivity index (χ2v) is 8.54. The number of ether oxygens (including phenoxy) is 1. The number of benzene rings is 2. The number of nitrogens with zero attached hydrogens (tertiary/aromatic N) is 2. The summed E-state index contributed by atoms with van der Waals surface area (Å²) in [4.78, 5) is 14.5. The number of methoxy groups -OCH3 is 1. The highest BCUT2D eigenvalue weighted by Gasteiger charge is 2.29. The van der Waals surface area contributed by atoms with Crippen LogP contribution in [0.2, 0.25) is 0 Å². The molecule has 6 nitrogen and oxygen atoms in total. The summed E-state index contributed by atoms with van der Waals surface area (Å²) in [5.74, 6) is 0.512. The molecule has 2 aromatic carbocycles. The Morgan fingerprint density at radius 2 is 1.57 bits per heavy atom. The number of amides is 1. The number of sulfonamides is 1. The second-order valence-electron chi connectivity index (χ2n) is 6.60. The summed E-state index contributed by atoms with van der Waals surface area (Å²) in [5, 5.41) is 0. The molecule has 0 N–H and O–H groups in total. The molecule has 0 aliphatic carbocycles. The van der Waals surface area contributed by atoms with Crippen molar-refractivity contribution in [2.24, 2.45) is 0 Å². The Hall–Kier alpha value is -2.64. The first-order valence-electron chi connectivity index (χ1n) is 9.08. The molecule has 1 saturated heterocycles. The minimum absolute atomic E-state index is 0.0946. The van der Waals surface area contributed by atoms with E-state index in [4.69, 9.17) is 4.74 Å². The normalized spacial score (nSPS) is 16.1. The first-order valence-corrected chi connectivity index (χ1v) is 10.5. The van der Waals surface area contributed by atoms with Gasteiger partial charge in [0.25, 0.3) is 0 Å². The Labute approximate surface area is 166 Å². The van der Waals surface area contributed by atoms with Gasteiger partial charge in [-0.1, -0.05) is 30.3 Å². The van der Waals surface area contributed by atoms with Crippen LogP contribution >= 0.6 is 0 Å². The fourth-order valence-corrected chi connectivity index (χ4v) is 4.53. The lowest BCUT2D eigenvalue weighted by molar-refractivity contribution is -0.127. The fourth-order valence-electron chi connectivity index (χ4n) is 3.11. The van der Waals surface area contributed by atoms with E-state index in [9.17, 15) is 13.2 Å². The monoisotopic (exact) mass is 400 g/mol. The molecule has 3 rings (SSSR count). The summed E-state index contributed by atoms with van der Waals surface area (Å²) in [5.41, 5.74) is 1.88. The van der Waals surface area contributed by atoms with Gasteiger partial charge in [-0.05, 0) is 42.3 Å². The first kappa shape index (κ1) is 20.1. The molecule has 2 aromatic rings. The van der Waals surface area contributed by atoms with Gasteiger partial charge in [-0.15, -0.1) is 0 Å². The predicted molar refractivity (Wildman–Crippen MR) is 108 cm³/mol. The molecule has 1 amide bonds. The SMILES string of the molecule is COc1ccc(S(=O)(=O)N2CCN(C(=O)/C=C(/C)c3ccccc3)CC2)cc1. The lowest BCUT2D eigenvalue weighted by Crippen LogP contribution is -2.50. The van der Waals surface area contributed by atoms with Gasteiger partial charge in [0.15, 0.2) is 0 Å². The van der Waals surface area contributed by atoms with Crippen LogP contribution in [0.15, 0.2) is 65.6 Å². The molecule has 0 aromatic heterocycles. The maximum Gasteiger partial charge on any atom is 0.246 e. The van der Waals surface area contributed by atoms with Crippen molar-refractivity contribution in [2.75, 3.05) is 33.3 Å². The summed E-state index contributed by atoms with van der Waals surface area (Å²) in [6.45, 7) is 3.19. The van der Waals surface area contributed by atoms with E-state index in [0.717, 1.165) is 11.1 Å². The molecule has 0 unspecified atom stereocenters. The largest absolute Gasteiger partial charge is 0.497 e. The van der Waals surface area contributed by atoms with Gasteiger partial charge in [0.05, 0.1) is 12.0 Å². The van der Waals surface area contributed by atoms with Crippen LogP contribution in [0.3, 0.4) is 0 Å². The third-order valence-electron chi connectivity index (χ3n) is 4.82. The highest BCUT2D eigenvalue weighted by molar-refractivity contribution is 7.89. The van der Waals surface area contributed by atoms with Gasteiger partial charge in [0.1, 0.15) is 5.75 Å². The Balaban J connectivity index is 1.64. The molecule has 1 aliphatic rings. The van der Waals surface area contributed by atoms with E-state index < -0.39 is 10.0 Å². The van der Waals surface area contributed by atoms with E-state index in [-0.39, 0.29) is 23.9 Å². The van der Waals surface area contributed by atoms with Crippen molar-refractivity contribution in [1.82, 2.24) is 9.21 Å². The summed E-state index contributed by atoms with van der Waals surface area (Å²) in [7, 11) is -2.04. The second kappa shape index (κ2) is 8.58. The summed E-state index contributed by atoms with van der Waals surface area (Å²) < 4.78 is 32.1. The summed E-state index contributed by atoms with van der Waals surface area (Å²) >= 11 is 0. The van der Waals surface area contributed by atoms with E-state index >= 15 is 0 Å². The van der Waals surface area contributed by atoms with E-state index in [1.165, 1.54) is 23.5 Å². The predicted octanol–water partition coefficient (Wildman–Crippen LogP) is 2.63. The van der Waals surface area contributed by atoms with Gasteiger partial charge in [-0.2, -0.15) is 4.31 Å². The van der Waals surface area contributed by atoms with Gasteiger partial charge in [0, 0.05) is 32.3 Å². The number of allylic oxidation sites excluding steroid dienone is 1. The molecule has 1 heterocycles. The minimum atomic E-state index is -3.58. The molecule has 7 heteroatoms. The van der Waals surface area contributed by atoms with E-state index in [1.54, 1.807) is 23.1 Å². The van der Waals surface area contributed by atoms with Crippen LogP contribution in [0.5, 0.6) is 5.75 Å². The molecular formula is C21H24N2O4S. The molecule has 28 heavy (non-hydrogen) atoms. The molecule has 0 atom stereocenters. The number of piperazine rings is 1. The maximum atomic E-state index is 12.8. The summed E-state index contributed by atoms with van der Waals surface area (Å²) in [6.07, 6.45) is 1.61. The third kappa shape index (κ3) is 4.43. The van der Waals surface area contributed by atoms with E-state index in [2.05, 4.69) is 0 Å².